The molecule has 1 rings (SSSR count). The highest BCUT2D eigenvalue weighted by atomic mass is 19.3. The zero-order chi connectivity index (χ0) is 16.4. The van der Waals surface area contributed by atoms with E-state index in [4.69, 9.17) is 0 Å². The van der Waals surface area contributed by atoms with E-state index in [1.807, 2.05) is 0 Å². The molecule has 0 saturated carbocycles. The maximum Gasteiger partial charge on any atom is 0.328 e. The van der Waals surface area contributed by atoms with Gasteiger partial charge in [0.25, 0.3) is 5.91 Å². The first-order valence-corrected chi connectivity index (χ1v) is 7.00. The summed E-state index contributed by atoms with van der Waals surface area (Å²) in [6, 6.07) is 0. The number of alkyl halides is 2. The number of allylic oxidation sites excluding steroid dienone is 3. The Morgan fingerprint density at radius 1 is 1.43 bits per heavy atom. The van der Waals surface area contributed by atoms with Crippen molar-refractivity contribution in [3.63, 3.8) is 0 Å². The fraction of sp³-hybridized carbons (Fsp3) is 0.625. The lowest BCUT2D eigenvalue weighted by atomic mass is 9.82. The first kappa shape index (κ1) is 17.5. The van der Waals surface area contributed by atoms with Crippen molar-refractivity contribution in [2.24, 2.45) is 5.92 Å². The zero-order valence-electron chi connectivity index (χ0n) is 13.1. The van der Waals surface area contributed by atoms with Crippen molar-refractivity contribution in [3.05, 3.63) is 23.8 Å². The molecule has 0 radical (unpaired) electrons. The molecule has 1 atom stereocenters. The van der Waals surface area contributed by atoms with Crippen LogP contribution < -0.4 is 5.32 Å². The average molecular weight is 299 g/mol. The summed E-state index contributed by atoms with van der Waals surface area (Å²) in [6.45, 7) is 10.3. The molecule has 1 aliphatic carbocycles. The number of halogens is 2. The molecular weight excluding hydrogens is 276 g/mol. The topological polar surface area (TPSA) is 46.2 Å². The molecule has 0 aromatic heterocycles. The first-order valence-electron chi connectivity index (χ1n) is 7.00. The predicted octanol–water partition coefficient (Wildman–Crippen LogP) is 3.41. The van der Waals surface area contributed by atoms with E-state index in [0.29, 0.717) is 12.0 Å². The van der Waals surface area contributed by atoms with Gasteiger partial charge in [0, 0.05) is 18.4 Å². The van der Waals surface area contributed by atoms with Crippen LogP contribution in [0.1, 0.15) is 47.0 Å². The van der Waals surface area contributed by atoms with Gasteiger partial charge in [0.1, 0.15) is 0 Å². The molecule has 3 nitrogen and oxygen atoms in total. The second-order valence-electron chi connectivity index (χ2n) is 6.69. The molecular formula is C16H23F2NO2. The van der Waals surface area contributed by atoms with Crippen LogP contribution in [0.3, 0.4) is 0 Å². The van der Waals surface area contributed by atoms with Gasteiger partial charge in [-0.05, 0) is 45.6 Å². The largest absolute Gasteiger partial charge is 0.346 e. The zero-order valence-corrected chi connectivity index (χ0v) is 13.1. The molecule has 0 unspecified atom stereocenters. The molecule has 5 heteroatoms. The van der Waals surface area contributed by atoms with Crippen LogP contribution in [0, 0.1) is 5.92 Å². The molecule has 0 heterocycles. The predicted molar refractivity (Wildman–Crippen MR) is 78.1 cm³/mol. The Balaban J connectivity index is 2.69. The van der Waals surface area contributed by atoms with Crippen molar-refractivity contribution in [2.45, 2.75) is 58.4 Å². The van der Waals surface area contributed by atoms with Gasteiger partial charge in [-0.1, -0.05) is 18.2 Å². The van der Waals surface area contributed by atoms with Gasteiger partial charge in [0.05, 0.1) is 0 Å². The molecule has 0 bridgehead atoms. The number of amides is 1. The summed E-state index contributed by atoms with van der Waals surface area (Å²) in [5.74, 6) is -5.17. The number of ketones is 1. The summed E-state index contributed by atoms with van der Waals surface area (Å²) in [5.41, 5.74) is 0.195. The lowest BCUT2D eigenvalue weighted by molar-refractivity contribution is -0.147. The Morgan fingerprint density at radius 2 is 2.00 bits per heavy atom. The van der Waals surface area contributed by atoms with Crippen molar-refractivity contribution < 1.29 is 18.4 Å². The Hall–Kier alpha value is -1.52. The van der Waals surface area contributed by atoms with Crippen LogP contribution in [0.2, 0.25) is 0 Å². The van der Waals surface area contributed by atoms with E-state index in [1.54, 1.807) is 33.8 Å². The molecule has 0 aromatic rings. The summed E-state index contributed by atoms with van der Waals surface area (Å²) in [6.07, 6.45) is 1.74. The average Bonchev–Trinajstić information content (AvgIpc) is 2.29. The number of rotatable bonds is 4. The van der Waals surface area contributed by atoms with Gasteiger partial charge in [0.15, 0.2) is 5.78 Å². The summed E-state index contributed by atoms with van der Waals surface area (Å²) in [4.78, 5) is 23.3. The maximum atomic E-state index is 14.0. The van der Waals surface area contributed by atoms with Crippen molar-refractivity contribution in [1.29, 1.82) is 0 Å². The van der Waals surface area contributed by atoms with E-state index in [-0.39, 0.29) is 23.7 Å². The standard InChI is InChI=1S/C16H23F2NO2/c1-10-6-7-12(8-13(10)20)11(2)9-16(17,18)14(21)19-15(3,4)5/h6,12H,2,7-9H2,1,3-5H3,(H,19,21)/t12-/m0/s1. The smallest absolute Gasteiger partial charge is 0.328 e. The number of carbonyl (C=O) groups is 2. The molecule has 1 aliphatic rings. The van der Waals surface area contributed by atoms with Gasteiger partial charge in [-0.2, -0.15) is 8.78 Å². The normalized spacial score (nSPS) is 20.0. The maximum absolute atomic E-state index is 14.0. The Labute approximate surface area is 124 Å². The molecule has 118 valence electrons. The third kappa shape index (κ3) is 5.06. The lowest BCUT2D eigenvalue weighted by Crippen LogP contribution is -2.49. The van der Waals surface area contributed by atoms with E-state index in [2.05, 4.69) is 11.9 Å². The molecule has 1 N–H and O–H groups in total. The van der Waals surface area contributed by atoms with Crippen molar-refractivity contribution in [3.8, 4) is 0 Å². The Kier molecular flexibility index (Phi) is 5.07. The van der Waals surface area contributed by atoms with E-state index < -0.39 is 23.8 Å². The van der Waals surface area contributed by atoms with Gasteiger partial charge in [-0.25, -0.2) is 0 Å². The summed E-state index contributed by atoms with van der Waals surface area (Å²) >= 11 is 0. The van der Waals surface area contributed by atoms with Gasteiger partial charge in [-0.3, -0.25) is 9.59 Å². The fourth-order valence-corrected chi connectivity index (χ4v) is 2.15. The van der Waals surface area contributed by atoms with Crippen LogP contribution in [-0.2, 0) is 9.59 Å². The van der Waals surface area contributed by atoms with E-state index in [1.165, 1.54) is 0 Å². The third-order valence-corrected chi connectivity index (χ3v) is 3.43. The number of hydrogen-bond acceptors (Lipinski definition) is 2. The molecule has 21 heavy (non-hydrogen) atoms. The molecule has 0 aliphatic heterocycles. The van der Waals surface area contributed by atoms with Gasteiger partial charge in [-0.15, -0.1) is 0 Å². The van der Waals surface area contributed by atoms with Gasteiger partial charge < -0.3 is 5.32 Å². The SMILES string of the molecule is C=C(CC(F)(F)C(=O)NC(C)(C)C)[C@H]1CC=C(C)C(=O)C1. The molecule has 0 aromatic carbocycles. The minimum atomic E-state index is -3.51. The first-order chi connectivity index (χ1) is 9.42. The number of carbonyl (C=O) groups excluding carboxylic acids is 2. The summed E-state index contributed by atoms with van der Waals surface area (Å²) in [5, 5.41) is 2.27. The van der Waals surface area contributed by atoms with E-state index in [9.17, 15) is 18.4 Å². The second-order valence-corrected chi connectivity index (χ2v) is 6.69. The molecule has 0 spiro atoms. The van der Waals surface area contributed by atoms with Crippen molar-refractivity contribution >= 4 is 11.7 Å². The van der Waals surface area contributed by atoms with E-state index >= 15 is 0 Å². The molecule has 1 amide bonds. The van der Waals surface area contributed by atoms with Crippen LogP contribution in [0.25, 0.3) is 0 Å². The highest BCUT2D eigenvalue weighted by molar-refractivity contribution is 5.95. The fourth-order valence-electron chi connectivity index (χ4n) is 2.15. The third-order valence-electron chi connectivity index (χ3n) is 3.43. The minimum Gasteiger partial charge on any atom is -0.346 e. The van der Waals surface area contributed by atoms with Gasteiger partial charge >= 0.3 is 5.92 Å². The molecule has 0 saturated heterocycles. The van der Waals surface area contributed by atoms with E-state index in [0.717, 1.165) is 0 Å². The number of Topliss-reactive ketones (excluding diaryl/α,β-unsaturated/α-hetero) is 1. The second kappa shape index (κ2) is 6.08. The van der Waals surface area contributed by atoms with Crippen molar-refractivity contribution in [2.75, 3.05) is 0 Å². The van der Waals surface area contributed by atoms with Crippen LogP contribution in [-0.4, -0.2) is 23.2 Å². The van der Waals surface area contributed by atoms with Crippen LogP contribution >= 0.6 is 0 Å². The van der Waals surface area contributed by atoms with Crippen LogP contribution in [0.15, 0.2) is 23.8 Å². The Bertz CT molecular complexity index is 487. The van der Waals surface area contributed by atoms with Gasteiger partial charge in [0.2, 0.25) is 0 Å². The van der Waals surface area contributed by atoms with Crippen LogP contribution in [0.4, 0.5) is 8.78 Å². The molecule has 0 fully saturated rings. The quantitative estimate of drug-likeness (QED) is 0.809. The van der Waals surface area contributed by atoms with Crippen molar-refractivity contribution in [1.82, 2.24) is 5.32 Å². The lowest BCUT2D eigenvalue weighted by Gasteiger charge is -2.27. The summed E-state index contributed by atoms with van der Waals surface area (Å²) in [7, 11) is 0. The number of hydrogen-bond donors (Lipinski definition) is 1. The summed E-state index contributed by atoms with van der Waals surface area (Å²) < 4.78 is 27.9. The highest BCUT2D eigenvalue weighted by Gasteiger charge is 2.41. The highest BCUT2D eigenvalue weighted by Crippen LogP contribution is 2.33. The number of nitrogens with one attached hydrogen (secondary N) is 1. The monoisotopic (exact) mass is 299 g/mol. The Morgan fingerprint density at radius 3 is 2.48 bits per heavy atom. The van der Waals surface area contributed by atoms with Crippen LogP contribution in [0.5, 0.6) is 0 Å². The minimum absolute atomic E-state index is 0.0464.